The van der Waals surface area contributed by atoms with Crippen molar-refractivity contribution in [1.82, 2.24) is 15.1 Å². The minimum absolute atomic E-state index is 0.462. The van der Waals surface area contributed by atoms with Crippen molar-refractivity contribution in [3.63, 3.8) is 0 Å². The fraction of sp³-hybridized carbons (Fsp3) is 0.214. The molecule has 1 aliphatic rings. The van der Waals surface area contributed by atoms with Crippen molar-refractivity contribution in [2.45, 2.75) is 18.8 Å². The maximum absolute atomic E-state index is 6.29. The lowest BCUT2D eigenvalue weighted by Crippen LogP contribution is -1.86. The highest BCUT2D eigenvalue weighted by Gasteiger charge is 2.29. The fourth-order valence-electron chi connectivity index (χ4n) is 2.20. The molecule has 4 nitrogen and oxygen atoms in total. The molecule has 19 heavy (non-hydrogen) atoms. The Balaban J connectivity index is 1.94. The van der Waals surface area contributed by atoms with E-state index in [1.807, 2.05) is 18.2 Å². The molecule has 0 atom stereocenters. The smallest absolute Gasteiger partial charge is 0.260 e. The summed E-state index contributed by atoms with van der Waals surface area (Å²) in [4.78, 5) is 8.61. The highest BCUT2D eigenvalue weighted by molar-refractivity contribution is 6.34. The summed E-state index contributed by atoms with van der Waals surface area (Å²) in [5.41, 5.74) is 0.770. The minimum Gasteiger partial charge on any atom is -0.334 e. The average Bonchev–Trinajstić information content (AvgIpc) is 3.18. The van der Waals surface area contributed by atoms with Gasteiger partial charge in [-0.05, 0) is 30.4 Å². The molecule has 5 heteroatoms. The molecule has 0 saturated heterocycles. The molecular formula is C14H10ClN3O. The Morgan fingerprint density at radius 1 is 1.21 bits per heavy atom. The first-order chi connectivity index (χ1) is 9.33. The van der Waals surface area contributed by atoms with Crippen molar-refractivity contribution in [2.24, 2.45) is 0 Å². The third kappa shape index (κ3) is 1.79. The van der Waals surface area contributed by atoms with Gasteiger partial charge in [0.25, 0.3) is 5.89 Å². The number of rotatable bonds is 2. The van der Waals surface area contributed by atoms with E-state index in [9.17, 15) is 0 Å². The molecule has 4 rings (SSSR count). The molecule has 2 heterocycles. The lowest BCUT2D eigenvalue weighted by molar-refractivity contribution is 0.423. The van der Waals surface area contributed by atoms with E-state index in [0.29, 0.717) is 16.8 Å². The van der Waals surface area contributed by atoms with Crippen LogP contribution in [0.15, 0.2) is 35.1 Å². The van der Waals surface area contributed by atoms with Crippen LogP contribution < -0.4 is 0 Å². The molecule has 1 aromatic carbocycles. The summed E-state index contributed by atoms with van der Waals surface area (Å²) in [6, 6.07) is 5.74. The molecule has 0 bridgehead atoms. The molecule has 1 aliphatic carbocycles. The predicted molar refractivity (Wildman–Crippen MR) is 72.0 cm³/mol. The first-order valence-corrected chi connectivity index (χ1v) is 6.57. The number of benzene rings is 1. The van der Waals surface area contributed by atoms with E-state index in [0.717, 1.165) is 35.0 Å². The van der Waals surface area contributed by atoms with E-state index < -0.39 is 0 Å². The van der Waals surface area contributed by atoms with Crippen LogP contribution in [0.5, 0.6) is 0 Å². The Kier molecular flexibility index (Phi) is 2.32. The van der Waals surface area contributed by atoms with Gasteiger partial charge in [0.1, 0.15) is 0 Å². The number of hydrogen-bond acceptors (Lipinski definition) is 4. The first-order valence-electron chi connectivity index (χ1n) is 6.19. The van der Waals surface area contributed by atoms with Crippen LogP contribution in [0.1, 0.15) is 24.6 Å². The summed E-state index contributed by atoms with van der Waals surface area (Å²) in [6.45, 7) is 0. The van der Waals surface area contributed by atoms with Crippen molar-refractivity contribution in [3.8, 4) is 11.5 Å². The van der Waals surface area contributed by atoms with Gasteiger partial charge in [0.05, 0.1) is 10.6 Å². The molecule has 0 radical (unpaired) electrons. The van der Waals surface area contributed by atoms with E-state index in [-0.39, 0.29) is 0 Å². The number of halogens is 1. The van der Waals surface area contributed by atoms with Crippen LogP contribution in [0.3, 0.4) is 0 Å². The largest absolute Gasteiger partial charge is 0.334 e. The van der Waals surface area contributed by atoms with Gasteiger partial charge in [-0.25, -0.2) is 0 Å². The van der Waals surface area contributed by atoms with Crippen molar-refractivity contribution in [2.75, 3.05) is 0 Å². The molecule has 2 aromatic heterocycles. The van der Waals surface area contributed by atoms with Crippen LogP contribution in [0.4, 0.5) is 0 Å². The molecule has 0 aliphatic heterocycles. The van der Waals surface area contributed by atoms with Gasteiger partial charge in [-0.15, -0.1) is 0 Å². The molecule has 0 spiro atoms. The fourth-order valence-corrected chi connectivity index (χ4v) is 2.44. The SMILES string of the molecule is Clc1ccc2ccncc2c1-c1nc(C2CC2)no1. The van der Waals surface area contributed by atoms with Crippen LogP contribution in [-0.2, 0) is 0 Å². The average molecular weight is 272 g/mol. The van der Waals surface area contributed by atoms with Crippen LogP contribution >= 0.6 is 11.6 Å². The zero-order valence-corrected chi connectivity index (χ0v) is 10.8. The lowest BCUT2D eigenvalue weighted by Gasteiger charge is -2.03. The molecular weight excluding hydrogens is 262 g/mol. The number of aromatic nitrogens is 3. The Morgan fingerprint density at radius 3 is 2.95 bits per heavy atom. The monoisotopic (exact) mass is 271 g/mol. The van der Waals surface area contributed by atoms with Crippen molar-refractivity contribution in [1.29, 1.82) is 0 Å². The van der Waals surface area contributed by atoms with Crippen LogP contribution in [0.25, 0.3) is 22.2 Å². The molecule has 1 fully saturated rings. The summed E-state index contributed by atoms with van der Waals surface area (Å²) < 4.78 is 5.37. The topological polar surface area (TPSA) is 51.8 Å². The summed E-state index contributed by atoms with van der Waals surface area (Å²) in [5, 5.41) is 6.63. The van der Waals surface area contributed by atoms with E-state index in [4.69, 9.17) is 16.1 Å². The maximum Gasteiger partial charge on any atom is 0.260 e. The Morgan fingerprint density at radius 2 is 2.11 bits per heavy atom. The second-order valence-electron chi connectivity index (χ2n) is 4.75. The summed E-state index contributed by atoms with van der Waals surface area (Å²) in [7, 11) is 0. The third-order valence-electron chi connectivity index (χ3n) is 3.37. The van der Waals surface area contributed by atoms with Crippen LogP contribution in [-0.4, -0.2) is 15.1 Å². The van der Waals surface area contributed by atoms with Crippen LogP contribution in [0.2, 0.25) is 5.02 Å². The highest BCUT2D eigenvalue weighted by atomic mass is 35.5. The Bertz CT molecular complexity index is 764. The van der Waals surface area contributed by atoms with Crippen molar-refractivity contribution >= 4 is 22.4 Å². The van der Waals surface area contributed by atoms with Gasteiger partial charge in [-0.1, -0.05) is 22.8 Å². The van der Waals surface area contributed by atoms with E-state index in [1.165, 1.54) is 0 Å². The number of hydrogen-bond donors (Lipinski definition) is 0. The second-order valence-corrected chi connectivity index (χ2v) is 5.16. The number of nitrogens with zero attached hydrogens (tertiary/aromatic N) is 3. The second kappa shape index (κ2) is 4.03. The first kappa shape index (κ1) is 10.9. The van der Waals surface area contributed by atoms with Gasteiger partial charge in [0.15, 0.2) is 5.82 Å². The van der Waals surface area contributed by atoms with E-state index in [1.54, 1.807) is 12.4 Å². The molecule has 0 unspecified atom stereocenters. The quantitative estimate of drug-likeness (QED) is 0.711. The molecule has 94 valence electrons. The van der Waals surface area contributed by atoms with Gasteiger partial charge >= 0.3 is 0 Å². The van der Waals surface area contributed by atoms with Gasteiger partial charge < -0.3 is 4.52 Å². The normalized spacial score (nSPS) is 15.0. The molecule has 0 amide bonds. The molecule has 0 N–H and O–H groups in total. The zero-order valence-electron chi connectivity index (χ0n) is 10.0. The van der Waals surface area contributed by atoms with Crippen LogP contribution in [0, 0.1) is 0 Å². The van der Waals surface area contributed by atoms with E-state index in [2.05, 4.69) is 15.1 Å². The van der Waals surface area contributed by atoms with Gasteiger partial charge in [-0.3, -0.25) is 4.98 Å². The zero-order chi connectivity index (χ0) is 12.8. The summed E-state index contributed by atoms with van der Waals surface area (Å²) in [5.74, 6) is 1.72. The Labute approximate surface area is 114 Å². The minimum atomic E-state index is 0.462. The maximum atomic E-state index is 6.29. The number of fused-ring (bicyclic) bond motifs is 1. The van der Waals surface area contributed by atoms with E-state index >= 15 is 0 Å². The Hall–Kier alpha value is -1.94. The lowest BCUT2D eigenvalue weighted by atomic mass is 10.1. The predicted octanol–water partition coefficient (Wildman–Crippen LogP) is 3.82. The number of pyridine rings is 1. The standard InChI is InChI=1S/C14H10ClN3O/c15-11-4-3-8-5-6-16-7-10(8)12(11)14-17-13(18-19-14)9-1-2-9/h3-7,9H,1-2H2. The van der Waals surface area contributed by atoms with Gasteiger partial charge in [-0.2, -0.15) is 4.98 Å². The highest BCUT2D eigenvalue weighted by Crippen LogP contribution is 2.40. The van der Waals surface area contributed by atoms with Gasteiger partial charge in [0.2, 0.25) is 0 Å². The molecule has 3 aromatic rings. The van der Waals surface area contributed by atoms with Gasteiger partial charge in [0, 0.05) is 23.7 Å². The van der Waals surface area contributed by atoms with Crippen molar-refractivity contribution in [3.05, 3.63) is 41.4 Å². The third-order valence-corrected chi connectivity index (χ3v) is 3.69. The molecule has 1 saturated carbocycles. The van der Waals surface area contributed by atoms with Crippen molar-refractivity contribution < 1.29 is 4.52 Å². The summed E-state index contributed by atoms with van der Waals surface area (Å²) in [6.07, 6.45) is 5.81. The summed E-state index contributed by atoms with van der Waals surface area (Å²) >= 11 is 6.29.